The number of nitriles is 1. The summed E-state index contributed by atoms with van der Waals surface area (Å²) in [6.45, 7) is 0. The molecule has 1 heterocycles. The normalized spacial score (nSPS) is 18.8. The second-order valence-electron chi connectivity index (χ2n) is 3.27. The van der Waals surface area contributed by atoms with Crippen LogP contribution in [0.15, 0.2) is 34.7 Å². The number of sulfonamides is 1. The molecular formula is C10H6N2O4S. The van der Waals surface area contributed by atoms with Crippen LogP contribution in [0.4, 0.5) is 0 Å². The number of fused-ring (bicyclic) bond motifs is 1. The molecule has 0 radical (unpaired) electrons. The molecule has 1 aromatic rings. The number of hydrogen-bond acceptors (Lipinski definition) is 4. The van der Waals surface area contributed by atoms with E-state index in [0.717, 1.165) is 0 Å². The highest BCUT2D eigenvalue weighted by Gasteiger charge is 2.32. The lowest BCUT2D eigenvalue weighted by atomic mass is 10.1. The van der Waals surface area contributed by atoms with E-state index in [1.807, 2.05) is 0 Å². The minimum atomic E-state index is -3.77. The second kappa shape index (κ2) is 3.61. The largest absolute Gasteiger partial charge is 0.477 e. The van der Waals surface area contributed by atoms with Crippen molar-refractivity contribution in [2.75, 3.05) is 0 Å². The van der Waals surface area contributed by atoms with Gasteiger partial charge in [0.15, 0.2) is 5.57 Å². The Kier molecular flexibility index (Phi) is 2.37. The average Bonchev–Trinajstić information content (AvgIpc) is 2.53. The molecule has 0 spiro atoms. The monoisotopic (exact) mass is 250 g/mol. The van der Waals surface area contributed by atoms with Gasteiger partial charge in [0.25, 0.3) is 10.0 Å². The summed E-state index contributed by atoms with van der Waals surface area (Å²) in [4.78, 5) is 10.8. The first-order chi connectivity index (χ1) is 7.97. The van der Waals surface area contributed by atoms with Crippen molar-refractivity contribution >= 4 is 21.7 Å². The first kappa shape index (κ1) is 11.2. The first-order valence-electron chi connectivity index (χ1n) is 4.47. The molecule has 1 aliphatic rings. The SMILES string of the molecule is N#CC(C(=O)O)=C1NS(=O)(=O)c2ccccc21. The molecule has 7 heteroatoms. The predicted molar refractivity (Wildman–Crippen MR) is 56.9 cm³/mol. The van der Waals surface area contributed by atoms with Crippen LogP contribution in [0.2, 0.25) is 0 Å². The Labute approximate surface area is 96.9 Å². The number of nitrogens with one attached hydrogen (secondary N) is 1. The van der Waals surface area contributed by atoms with Crippen molar-refractivity contribution in [2.24, 2.45) is 0 Å². The molecule has 1 aliphatic heterocycles. The van der Waals surface area contributed by atoms with E-state index >= 15 is 0 Å². The van der Waals surface area contributed by atoms with Crippen LogP contribution >= 0.6 is 0 Å². The van der Waals surface area contributed by atoms with Gasteiger partial charge in [0.05, 0.1) is 10.6 Å². The highest BCUT2D eigenvalue weighted by Crippen LogP contribution is 2.31. The van der Waals surface area contributed by atoms with Gasteiger partial charge < -0.3 is 5.11 Å². The number of benzene rings is 1. The molecular weight excluding hydrogens is 244 g/mol. The van der Waals surface area contributed by atoms with Gasteiger partial charge in [-0.1, -0.05) is 18.2 Å². The lowest BCUT2D eigenvalue weighted by molar-refractivity contribution is -0.132. The Morgan fingerprint density at radius 1 is 1.35 bits per heavy atom. The van der Waals surface area contributed by atoms with Crippen LogP contribution in [0.25, 0.3) is 5.70 Å². The van der Waals surface area contributed by atoms with E-state index in [4.69, 9.17) is 10.4 Å². The third-order valence-electron chi connectivity index (χ3n) is 2.26. The fraction of sp³-hybridized carbons (Fsp3) is 0. The Morgan fingerprint density at radius 2 is 2.00 bits per heavy atom. The standard InChI is InChI=1S/C10H6N2O4S/c11-5-7(10(13)14)9-6-3-1-2-4-8(6)17(15,16)12-9/h1-4,12H,(H,13,14). The molecule has 86 valence electrons. The summed E-state index contributed by atoms with van der Waals surface area (Å²) in [5, 5.41) is 17.5. The molecule has 0 saturated carbocycles. The number of aliphatic carboxylic acids is 1. The van der Waals surface area contributed by atoms with Crippen LogP contribution in [0.3, 0.4) is 0 Å². The lowest BCUT2D eigenvalue weighted by Gasteiger charge is -1.99. The van der Waals surface area contributed by atoms with Crippen LogP contribution in [-0.2, 0) is 14.8 Å². The number of carbonyl (C=O) groups is 1. The number of rotatable bonds is 1. The molecule has 0 amide bonds. The zero-order chi connectivity index (χ0) is 12.6. The van der Waals surface area contributed by atoms with Crippen LogP contribution in [-0.4, -0.2) is 19.5 Å². The maximum Gasteiger partial charge on any atom is 0.348 e. The summed E-state index contributed by atoms with van der Waals surface area (Å²) in [6.07, 6.45) is 0. The quantitative estimate of drug-likeness (QED) is 0.550. The molecule has 17 heavy (non-hydrogen) atoms. The zero-order valence-electron chi connectivity index (χ0n) is 8.34. The van der Waals surface area contributed by atoms with Crippen molar-refractivity contribution in [2.45, 2.75) is 4.90 Å². The molecule has 0 aliphatic carbocycles. The van der Waals surface area contributed by atoms with Gasteiger partial charge in [0, 0.05) is 5.56 Å². The molecule has 0 aromatic heterocycles. The van der Waals surface area contributed by atoms with E-state index in [9.17, 15) is 13.2 Å². The number of hydrogen-bond donors (Lipinski definition) is 2. The second-order valence-corrected chi connectivity index (χ2v) is 4.92. The van der Waals surface area contributed by atoms with Gasteiger partial charge in [-0.3, -0.25) is 4.72 Å². The predicted octanol–water partition coefficient (Wildman–Crippen LogP) is 0.298. The Bertz CT molecular complexity index is 683. The minimum Gasteiger partial charge on any atom is -0.477 e. The maximum atomic E-state index is 11.7. The van der Waals surface area contributed by atoms with Crippen molar-refractivity contribution < 1.29 is 18.3 Å². The van der Waals surface area contributed by atoms with Gasteiger partial charge >= 0.3 is 5.97 Å². The fourth-order valence-corrected chi connectivity index (χ4v) is 2.86. The van der Waals surface area contributed by atoms with Crippen molar-refractivity contribution in [1.29, 1.82) is 5.26 Å². The Hall–Kier alpha value is -2.33. The summed E-state index contributed by atoms with van der Waals surface area (Å²) in [6, 6.07) is 7.36. The van der Waals surface area contributed by atoms with E-state index < -0.39 is 21.6 Å². The average molecular weight is 250 g/mol. The van der Waals surface area contributed by atoms with Crippen LogP contribution in [0.5, 0.6) is 0 Å². The van der Waals surface area contributed by atoms with Crippen molar-refractivity contribution in [1.82, 2.24) is 4.72 Å². The molecule has 0 saturated heterocycles. The summed E-state index contributed by atoms with van der Waals surface area (Å²) in [5.41, 5.74) is -0.611. The molecule has 0 bridgehead atoms. The van der Waals surface area contributed by atoms with Crippen LogP contribution in [0, 0.1) is 11.3 Å². The van der Waals surface area contributed by atoms with Crippen molar-refractivity contribution in [3.8, 4) is 6.07 Å². The first-order valence-corrected chi connectivity index (χ1v) is 5.95. The molecule has 2 N–H and O–H groups in total. The molecule has 1 aromatic carbocycles. The topological polar surface area (TPSA) is 107 Å². The third-order valence-corrected chi connectivity index (χ3v) is 3.67. The number of carboxylic acids is 1. The van der Waals surface area contributed by atoms with Gasteiger partial charge in [-0.15, -0.1) is 0 Å². The van der Waals surface area contributed by atoms with Gasteiger partial charge in [0.2, 0.25) is 0 Å². The third kappa shape index (κ3) is 1.64. The van der Waals surface area contributed by atoms with E-state index in [2.05, 4.69) is 4.72 Å². The highest BCUT2D eigenvalue weighted by atomic mass is 32.2. The molecule has 0 fully saturated rings. The summed E-state index contributed by atoms with van der Waals surface area (Å²) < 4.78 is 25.4. The Balaban J connectivity index is 2.81. The van der Waals surface area contributed by atoms with Gasteiger partial charge in [-0.25, -0.2) is 13.2 Å². The highest BCUT2D eigenvalue weighted by molar-refractivity contribution is 7.90. The summed E-state index contributed by atoms with van der Waals surface area (Å²) in [5.74, 6) is -1.47. The Morgan fingerprint density at radius 3 is 2.59 bits per heavy atom. The van der Waals surface area contributed by atoms with E-state index in [0.29, 0.717) is 0 Å². The lowest BCUT2D eigenvalue weighted by Crippen LogP contribution is -2.16. The zero-order valence-corrected chi connectivity index (χ0v) is 9.15. The van der Waals surface area contributed by atoms with E-state index in [1.165, 1.54) is 24.3 Å². The van der Waals surface area contributed by atoms with Gasteiger partial charge in [0.1, 0.15) is 6.07 Å². The number of nitrogens with zero attached hydrogens (tertiary/aromatic N) is 1. The van der Waals surface area contributed by atoms with E-state index in [-0.39, 0.29) is 16.2 Å². The van der Waals surface area contributed by atoms with Crippen LogP contribution in [0.1, 0.15) is 5.56 Å². The molecule has 6 nitrogen and oxygen atoms in total. The fourth-order valence-electron chi connectivity index (χ4n) is 1.55. The van der Waals surface area contributed by atoms with E-state index in [1.54, 1.807) is 6.07 Å². The van der Waals surface area contributed by atoms with Gasteiger partial charge in [-0.2, -0.15) is 5.26 Å². The summed E-state index contributed by atoms with van der Waals surface area (Å²) >= 11 is 0. The number of carboxylic acid groups (broad SMARTS) is 1. The summed E-state index contributed by atoms with van der Waals surface area (Å²) in [7, 11) is -3.77. The van der Waals surface area contributed by atoms with Crippen molar-refractivity contribution in [3.05, 3.63) is 35.4 Å². The minimum absolute atomic E-state index is 0.0241. The maximum absolute atomic E-state index is 11.7. The molecule has 0 atom stereocenters. The van der Waals surface area contributed by atoms with Crippen LogP contribution < -0.4 is 4.72 Å². The van der Waals surface area contributed by atoms with Gasteiger partial charge in [-0.05, 0) is 6.07 Å². The molecule has 2 rings (SSSR count). The smallest absolute Gasteiger partial charge is 0.348 e. The molecule has 0 unspecified atom stereocenters. The van der Waals surface area contributed by atoms with Crippen molar-refractivity contribution in [3.63, 3.8) is 0 Å².